The first kappa shape index (κ1) is 18.3. The van der Waals surface area contributed by atoms with Crippen molar-refractivity contribution in [1.29, 1.82) is 0 Å². The van der Waals surface area contributed by atoms with E-state index < -0.39 is 15.8 Å². The van der Waals surface area contributed by atoms with E-state index in [4.69, 9.17) is 4.74 Å². The van der Waals surface area contributed by atoms with Crippen molar-refractivity contribution < 1.29 is 22.3 Å². The summed E-state index contributed by atoms with van der Waals surface area (Å²) in [5.74, 6) is -0.197. The van der Waals surface area contributed by atoms with Crippen LogP contribution in [0.15, 0.2) is 53.4 Å². The Kier molecular flexibility index (Phi) is 5.24. The molecule has 0 spiro atoms. The number of benzene rings is 2. The average molecular weight is 378 g/mol. The van der Waals surface area contributed by atoms with Crippen LogP contribution in [-0.2, 0) is 10.0 Å². The first-order valence-electron chi connectivity index (χ1n) is 8.11. The fourth-order valence-electron chi connectivity index (χ4n) is 2.83. The van der Waals surface area contributed by atoms with Gasteiger partial charge in [-0.2, -0.15) is 4.31 Å². The van der Waals surface area contributed by atoms with Crippen molar-refractivity contribution in [3.63, 3.8) is 0 Å². The van der Waals surface area contributed by atoms with Crippen molar-refractivity contribution in [2.75, 3.05) is 33.3 Å². The number of sulfonamides is 1. The summed E-state index contributed by atoms with van der Waals surface area (Å²) in [4.78, 5) is 14.1. The van der Waals surface area contributed by atoms with Crippen molar-refractivity contribution in [3.05, 3.63) is 59.9 Å². The quantitative estimate of drug-likeness (QED) is 0.816. The summed E-state index contributed by atoms with van der Waals surface area (Å²) in [6.45, 7) is 0.889. The largest absolute Gasteiger partial charge is 0.497 e. The van der Waals surface area contributed by atoms with Crippen LogP contribution < -0.4 is 4.74 Å². The van der Waals surface area contributed by atoms with Crippen LogP contribution in [-0.4, -0.2) is 56.8 Å². The highest BCUT2D eigenvalue weighted by Crippen LogP contribution is 2.21. The molecule has 1 aliphatic heterocycles. The summed E-state index contributed by atoms with van der Waals surface area (Å²) in [5.41, 5.74) is 0.261. The molecule has 0 aromatic heterocycles. The van der Waals surface area contributed by atoms with E-state index in [1.54, 1.807) is 18.2 Å². The number of nitrogens with zero attached hydrogens (tertiary/aromatic N) is 2. The summed E-state index contributed by atoms with van der Waals surface area (Å²) < 4.78 is 45.1. The monoisotopic (exact) mass is 378 g/mol. The van der Waals surface area contributed by atoms with Crippen molar-refractivity contribution >= 4 is 15.9 Å². The van der Waals surface area contributed by atoms with Crippen molar-refractivity contribution in [3.8, 4) is 5.75 Å². The van der Waals surface area contributed by atoms with E-state index >= 15 is 0 Å². The van der Waals surface area contributed by atoms with Gasteiger partial charge < -0.3 is 9.64 Å². The van der Waals surface area contributed by atoms with E-state index in [9.17, 15) is 17.6 Å². The second-order valence-corrected chi connectivity index (χ2v) is 7.82. The third-order valence-corrected chi connectivity index (χ3v) is 6.21. The topological polar surface area (TPSA) is 66.9 Å². The molecule has 0 N–H and O–H groups in total. The molecule has 0 aliphatic carbocycles. The summed E-state index contributed by atoms with van der Waals surface area (Å²) in [6, 6.07) is 11.7. The molecule has 2 aromatic carbocycles. The van der Waals surface area contributed by atoms with Gasteiger partial charge in [-0.25, -0.2) is 12.8 Å². The number of carbonyl (C=O) groups is 1. The van der Waals surface area contributed by atoms with Crippen LogP contribution in [0, 0.1) is 5.82 Å². The van der Waals surface area contributed by atoms with Gasteiger partial charge in [0.05, 0.1) is 12.0 Å². The summed E-state index contributed by atoms with van der Waals surface area (Å²) >= 11 is 0. The van der Waals surface area contributed by atoms with Crippen molar-refractivity contribution in [1.82, 2.24) is 9.21 Å². The number of amides is 1. The lowest BCUT2D eigenvalue weighted by Gasteiger charge is -2.34. The minimum Gasteiger partial charge on any atom is -0.497 e. The maximum atomic E-state index is 13.3. The Morgan fingerprint density at radius 3 is 2.27 bits per heavy atom. The number of ether oxygens (including phenoxy) is 1. The minimum atomic E-state index is -3.63. The Morgan fingerprint density at radius 1 is 1.04 bits per heavy atom. The van der Waals surface area contributed by atoms with Crippen LogP contribution in [0.1, 0.15) is 10.4 Å². The molecule has 138 valence electrons. The van der Waals surface area contributed by atoms with Gasteiger partial charge in [-0.3, -0.25) is 4.79 Å². The zero-order chi connectivity index (χ0) is 18.7. The zero-order valence-corrected chi connectivity index (χ0v) is 15.1. The van der Waals surface area contributed by atoms with Crippen LogP contribution in [0.4, 0.5) is 4.39 Å². The van der Waals surface area contributed by atoms with Crippen LogP contribution in [0.2, 0.25) is 0 Å². The highest BCUT2D eigenvalue weighted by molar-refractivity contribution is 7.89. The molecule has 0 saturated carbocycles. The van der Waals surface area contributed by atoms with E-state index in [1.807, 2.05) is 0 Å². The Morgan fingerprint density at radius 2 is 1.69 bits per heavy atom. The molecule has 1 heterocycles. The number of rotatable bonds is 4. The molecule has 0 radical (unpaired) electrons. The van der Waals surface area contributed by atoms with E-state index in [-0.39, 0.29) is 42.5 Å². The van der Waals surface area contributed by atoms with E-state index in [0.717, 1.165) is 0 Å². The van der Waals surface area contributed by atoms with Gasteiger partial charge in [0.15, 0.2) is 0 Å². The molecule has 1 aliphatic rings. The van der Waals surface area contributed by atoms with Gasteiger partial charge >= 0.3 is 0 Å². The predicted molar refractivity (Wildman–Crippen MR) is 94.1 cm³/mol. The van der Waals surface area contributed by atoms with E-state index in [2.05, 4.69) is 0 Å². The molecule has 0 unspecified atom stereocenters. The molecule has 1 saturated heterocycles. The molecule has 2 aromatic rings. The van der Waals surface area contributed by atoms with Crippen LogP contribution >= 0.6 is 0 Å². The third-order valence-electron chi connectivity index (χ3n) is 4.29. The first-order valence-corrected chi connectivity index (χ1v) is 9.55. The number of hydrogen-bond donors (Lipinski definition) is 0. The molecule has 6 nitrogen and oxygen atoms in total. The van der Waals surface area contributed by atoms with Gasteiger partial charge in [-0.1, -0.05) is 6.07 Å². The lowest BCUT2D eigenvalue weighted by atomic mass is 10.2. The van der Waals surface area contributed by atoms with Gasteiger partial charge in [0, 0.05) is 31.7 Å². The molecule has 1 amide bonds. The standard InChI is InChI=1S/C18H19FN2O4S/c1-25-16-5-7-17(8-6-16)26(23,24)21-11-9-20(10-12-21)18(22)14-3-2-4-15(19)13-14/h2-8,13H,9-12H2,1H3. The molecule has 3 rings (SSSR count). The minimum absolute atomic E-state index is 0.184. The van der Waals surface area contributed by atoms with Gasteiger partial charge in [0.25, 0.3) is 5.91 Å². The lowest BCUT2D eigenvalue weighted by molar-refractivity contribution is 0.0697. The second-order valence-electron chi connectivity index (χ2n) is 5.88. The summed E-state index contributed by atoms with van der Waals surface area (Å²) in [6.07, 6.45) is 0. The average Bonchev–Trinajstić information content (AvgIpc) is 2.67. The third kappa shape index (κ3) is 3.71. The summed E-state index contributed by atoms with van der Waals surface area (Å²) in [5, 5.41) is 0. The summed E-state index contributed by atoms with van der Waals surface area (Å²) in [7, 11) is -2.12. The number of carbonyl (C=O) groups excluding carboxylic acids is 1. The number of methoxy groups -OCH3 is 1. The van der Waals surface area contributed by atoms with Crippen molar-refractivity contribution in [2.24, 2.45) is 0 Å². The number of piperazine rings is 1. The molecule has 0 atom stereocenters. The highest BCUT2D eigenvalue weighted by Gasteiger charge is 2.30. The van der Waals surface area contributed by atoms with Crippen LogP contribution in [0.5, 0.6) is 5.75 Å². The number of halogens is 1. The highest BCUT2D eigenvalue weighted by atomic mass is 32.2. The van der Waals surface area contributed by atoms with Crippen LogP contribution in [0.3, 0.4) is 0 Å². The van der Waals surface area contributed by atoms with E-state index in [0.29, 0.717) is 5.75 Å². The van der Waals surface area contributed by atoms with Gasteiger partial charge in [-0.05, 0) is 42.5 Å². The molecule has 8 heteroatoms. The SMILES string of the molecule is COc1ccc(S(=O)(=O)N2CCN(C(=O)c3cccc(F)c3)CC2)cc1. The maximum Gasteiger partial charge on any atom is 0.254 e. The maximum absolute atomic E-state index is 13.3. The van der Waals surface area contributed by atoms with Crippen molar-refractivity contribution in [2.45, 2.75) is 4.90 Å². The Balaban J connectivity index is 1.68. The smallest absolute Gasteiger partial charge is 0.254 e. The molecular weight excluding hydrogens is 359 g/mol. The second kappa shape index (κ2) is 7.43. The normalized spacial score (nSPS) is 15.7. The fourth-order valence-corrected chi connectivity index (χ4v) is 4.25. The van der Waals surface area contributed by atoms with Crippen LogP contribution in [0.25, 0.3) is 0 Å². The fraction of sp³-hybridized carbons (Fsp3) is 0.278. The van der Waals surface area contributed by atoms with Gasteiger partial charge in [0.1, 0.15) is 11.6 Å². The molecular formula is C18H19FN2O4S. The van der Waals surface area contributed by atoms with Gasteiger partial charge in [0.2, 0.25) is 10.0 Å². The number of hydrogen-bond acceptors (Lipinski definition) is 4. The molecule has 26 heavy (non-hydrogen) atoms. The lowest BCUT2D eigenvalue weighted by Crippen LogP contribution is -2.50. The van der Waals surface area contributed by atoms with E-state index in [1.165, 1.54) is 46.6 Å². The Labute approximate surface area is 151 Å². The first-order chi connectivity index (χ1) is 12.4. The Bertz CT molecular complexity index is 892. The van der Waals surface area contributed by atoms with Gasteiger partial charge in [-0.15, -0.1) is 0 Å². The zero-order valence-electron chi connectivity index (χ0n) is 14.3. The predicted octanol–water partition coefficient (Wildman–Crippen LogP) is 1.98. The molecule has 0 bridgehead atoms. The Hall–Kier alpha value is -2.45. The molecule has 1 fully saturated rings.